The van der Waals surface area contributed by atoms with Crippen LogP contribution < -0.4 is 14.2 Å². The number of aryl methyl sites for hydroxylation is 2. The Morgan fingerprint density at radius 2 is 1.66 bits per heavy atom. The minimum atomic E-state index is -0.366. The van der Waals surface area contributed by atoms with E-state index in [1.807, 2.05) is 49.9 Å². The van der Waals surface area contributed by atoms with Gasteiger partial charge in [0.1, 0.15) is 23.0 Å². The maximum atomic E-state index is 13.2. The van der Waals surface area contributed by atoms with Gasteiger partial charge in [0.05, 0.1) is 25.5 Å². The van der Waals surface area contributed by atoms with Crippen LogP contribution in [-0.4, -0.2) is 35.7 Å². The highest BCUT2D eigenvalue weighted by Crippen LogP contribution is 2.32. The molecule has 0 radical (unpaired) electrons. The number of hydrogen-bond acceptors (Lipinski definition) is 6. The van der Waals surface area contributed by atoms with Gasteiger partial charge in [0.15, 0.2) is 5.89 Å². The Morgan fingerprint density at radius 3 is 2.31 bits per heavy atom. The van der Waals surface area contributed by atoms with Gasteiger partial charge in [0.25, 0.3) is 0 Å². The van der Waals surface area contributed by atoms with Crippen molar-refractivity contribution in [1.82, 2.24) is 9.88 Å². The quantitative estimate of drug-likeness (QED) is 0.378. The molecule has 0 saturated carbocycles. The van der Waals surface area contributed by atoms with Crippen LogP contribution in [-0.2, 0) is 6.42 Å². The van der Waals surface area contributed by atoms with E-state index in [0.717, 1.165) is 29.2 Å². The molecule has 0 fully saturated rings. The van der Waals surface area contributed by atoms with Crippen molar-refractivity contribution in [3.8, 4) is 17.2 Å². The van der Waals surface area contributed by atoms with Crippen molar-refractivity contribution in [2.45, 2.75) is 52.1 Å². The molecule has 1 aromatic heterocycles. The van der Waals surface area contributed by atoms with Gasteiger partial charge >= 0.3 is 6.09 Å². The van der Waals surface area contributed by atoms with Crippen LogP contribution in [0.1, 0.15) is 48.7 Å². The van der Waals surface area contributed by atoms with Crippen LogP contribution in [0.15, 0.2) is 65.1 Å². The number of rotatable bonds is 7. The first-order valence-corrected chi connectivity index (χ1v) is 11.9. The van der Waals surface area contributed by atoms with E-state index in [-0.39, 0.29) is 18.2 Å². The lowest BCUT2D eigenvalue weighted by Crippen LogP contribution is -2.42. The number of carbonyl (C=O) groups excluding carboxylic acids is 1. The summed E-state index contributed by atoms with van der Waals surface area (Å²) in [6, 6.07) is 14.8. The van der Waals surface area contributed by atoms with Gasteiger partial charge < -0.3 is 18.6 Å². The van der Waals surface area contributed by atoms with E-state index >= 15 is 0 Å². The van der Waals surface area contributed by atoms with Crippen molar-refractivity contribution in [3.63, 3.8) is 0 Å². The first-order chi connectivity index (χ1) is 16.9. The van der Waals surface area contributed by atoms with Gasteiger partial charge in [-0.25, -0.2) is 9.78 Å². The highest BCUT2D eigenvalue weighted by molar-refractivity contribution is 5.72. The van der Waals surface area contributed by atoms with Crippen LogP contribution in [0.3, 0.4) is 0 Å². The summed E-state index contributed by atoms with van der Waals surface area (Å²) in [4.78, 5) is 19.5. The Morgan fingerprint density at radius 1 is 1.00 bits per heavy atom. The summed E-state index contributed by atoms with van der Waals surface area (Å²) in [5.74, 6) is 3.47. The second kappa shape index (κ2) is 11.1. The molecule has 3 aromatic rings. The topological polar surface area (TPSA) is 74.0 Å². The van der Waals surface area contributed by atoms with Crippen molar-refractivity contribution in [2.75, 3.05) is 13.7 Å². The summed E-state index contributed by atoms with van der Waals surface area (Å²) < 4.78 is 22.3. The Bertz CT molecular complexity index is 1150. The second-order valence-electron chi connectivity index (χ2n) is 8.66. The van der Waals surface area contributed by atoms with Crippen LogP contribution in [0.5, 0.6) is 17.2 Å². The first-order valence-electron chi connectivity index (χ1n) is 11.9. The summed E-state index contributed by atoms with van der Waals surface area (Å²) in [5.41, 5.74) is 1.95. The number of hydrogen-bond donors (Lipinski definition) is 0. The van der Waals surface area contributed by atoms with E-state index in [0.29, 0.717) is 36.8 Å². The molecule has 0 unspecified atom stereocenters. The zero-order chi connectivity index (χ0) is 24.8. The maximum absolute atomic E-state index is 13.2. The Labute approximate surface area is 206 Å². The van der Waals surface area contributed by atoms with Crippen molar-refractivity contribution in [1.29, 1.82) is 0 Å². The van der Waals surface area contributed by atoms with E-state index in [9.17, 15) is 4.79 Å². The lowest BCUT2D eigenvalue weighted by molar-refractivity contribution is 0.111. The molecule has 35 heavy (non-hydrogen) atoms. The minimum Gasteiger partial charge on any atom is -0.497 e. The molecule has 184 valence electrons. The summed E-state index contributed by atoms with van der Waals surface area (Å²) in [7, 11) is 1.60. The van der Waals surface area contributed by atoms with Crippen molar-refractivity contribution in [2.24, 2.45) is 0 Å². The lowest BCUT2D eigenvalue weighted by Gasteiger charge is -2.34. The molecule has 1 aliphatic rings. The summed E-state index contributed by atoms with van der Waals surface area (Å²) in [5, 5.41) is 0. The van der Waals surface area contributed by atoms with Crippen LogP contribution >= 0.6 is 0 Å². The molecule has 2 aromatic carbocycles. The molecule has 0 bridgehead atoms. The third kappa shape index (κ3) is 6.04. The molecule has 1 aliphatic heterocycles. The average molecular weight is 477 g/mol. The predicted octanol–water partition coefficient (Wildman–Crippen LogP) is 6.20. The Kier molecular flexibility index (Phi) is 7.75. The molecule has 7 heteroatoms. The molecule has 0 N–H and O–H groups in total. The van der Waals surface area contributed by atoms with Gasteiger partial charge in [0.2, 0.25) is 0 Å². The fraction of sp³-hybridized carbons (Fsp3) is 0.357. The zero-order valence-corrected chi connectivity index (χ0v) is 20.7. The van der Waals surface area contributed by atoms with E-state index in [2.05, 4.69) is 17.1 Å². The second-order valence-corrected chi connectivity index (χ2v) is 8.66. The number of methoxy groups -OCH3 is 1. The predicted molar refractivity (Wildman–Crippen MR) is 133 cm³/mol. The molecule has 2 heterocycles. The van der Waals surface area contributed by atoms with Gasteiger partial charge in [-0.05, 0) is 68.7 Å². The summed E-state index contributed by atoms with van der Waals surface area (Å²) in [6.45, 7) is 6.31. The number of aromatic nitrogens is 1. The summed E-state index contributed by atoms with van der Waals surface area (Å²) in [6.07, 6.45) is 6.07. The van der Waals surface area contributed by atoms with Gasteiger partial charge in [-0.15, -0.1) is 0 Å². The molecule has 7 nitrogen and oxygen atoms in total. The number of benzene rings is 2. The van der Waals surface area contributed by atoms with E-state index < -0.39 is 0 Å². The van der Waals surface area contributed by atoms with Crippen molar-refractivity contribution >= 4 is 6.09 Å². The third-order valence-electron chi connectivity index (χ3n) is 6.16. The molecule has 0 aliphatic carbocycles. The van der Waals surface area contributed by atoms with Crippen LogP contribution in [0.4, 0.5) is 4.79 Å². The third-order valence-corrected chi connectivity index (χ3v) is 6.16. The number of ether oxygens (including phenoxy) is 3. The average Bonchev–Trinajstić information content (AvgIpc) is 3.05. The highest BCUT2D eigenvalue weighted by Gasteiger charge is 2.31. The molecule has 2 atom stereocenters. The van der Waals surface area contributed by atoms with E-state index in [1.165, 1.54) is 0 Å². The Balaban J connectivity index is 1.43. The fourth-order valence-corrected chi connectivity index (χ4v) is 4.31. The number of oxazole rings is 1. The molecule has 4 rings (SSSR count). The monoisotopic (exact) mass is 476 g/mol. The first kappa shape index (κ1) is 24.4. The minimum absolute atomic E-state index is 0.00502. The van der Waals surface area contributed by atoms with E-state index in [4.69, 9.17) is 18.6 Å². The van der Waals surface area contributed by atoms with Crippen LogP contribution in [0.2, 0.25) is 0 Å². The molecule has 0 spiro atoms. The summed E-state index contributed by atoms with van der Waals surface area (Å²) >= 11 is 0. The van der Waals surface area contributed by atoms with E-state index in [1.54, 1.807) is 31.4 Å². The van der Waals surface area contributed by atoms with Crippen LogP contribution in [0, 0.1) is 13.8 Å². The Hall–Kier alpha value is -3.74. The number of nitrogens with zero attached hydrogens (tertiary/aromatic N) is 2. The largest absolute Gasteiger partial charge is 0.497 e. The normalized spacial score (nSPS) is 17.7. The highest BCUT2D eigenvalue weighted by atomic mass is 16.6. The number of carbonyl (C=O) groups is 1. The maximum Gasteiger partial charge on any atom is 0.416 e. The van der Waals surface area contributed by atoms with Gasteiger partial charge in [-0.3, -0.25) is 4.90 Å². The number of amides is 1. The molecular formula is C28H32N2O5. The molecular weight excluding hydrogens is 444 g/mol. The molecule has 1 amide bonds. The lowest BCUT2D eigenvalue weighted by atomic mass is 10.0. The van der Waals surface area contributed by atoms with Gasteiger partial charge in [-0.1, -0.05) is 24.3 Å². The smallest absolute Gasteiger partial charge is 0.416 e. The SMILES string of the molecule is COc1ccc(OC(=O)N2[C@H](C)CC=CC[C@H]2c2ccc(OCCc3nc(C)oc3C)cc2)cc1. The molecule has 0 saturated heterocycles. The van der Waals surface area contributed by atoms with Crippen molar-refractivity contribution in [3.05, 3.63) is 83.6 Å². The fourth-order valence-electron chi connectivity index (χ4n) is 4.31. The van der Waals surface area contributed by atoms with Crippen molar-refractivity contribution < 1.29 is 23.4 Å². The zero-order valence-electron chi connectivity index (χ0n) is 20.7. The van der Waals surface area contributed by atoms with Gasteiger partial charge in [0, 0.05) is 19.4 Å². The van der Waals surface area contributed by atoms with Gasteiger partial charge in [-0.2, -0.15) is 0 Å². The van der Waals surface area contributed by atoms with Crippen LogP contribution in [0.25, 0.3) is 0 Å². The standard InChI is InChI=1S/C28H32N2O5/c1-19-7-5-6-8-27(30(19)28(31)35-25-15-13-23(32-4)14-16-25)22-9-11-24(12-10-22)33-18-17-26-20(2)34-21(3)29-26/h5-6,9-16,19,27H,7-8,17-18H2,1-4H3/t19-,27+/m1/s1.